The topological polar surface area (TPSA) is 122 Å². The van der Waals surface area contributed by atoms with Gasteiger partial charge in [-0.3, -0.25) is 19.1 Å². The summed E-state index contributed by atoms with van der Waals surface area (Å²) in [7, 11) is 1.65. The van der Waals surface area contributed by atoms with Gasteiger partial charge in [-0.05, 0) is 48.9 Å². The number of hydrogen-bond acceptors (Lipinski definition) is 9. The average molecular weight is 697 g/mol. The number of aromatic nitrogens is 5. The quantitative estimate of drug-likeness (QED) is 0.257. The first-order chi connectivity index (χ1) is 23.8. The van der Waals surface area contributed by atoms with Crippen LogP contribution in [0.2, 0.25) is 0 Å². The lowest BCUT2D eigenvalue weighted by molar-refractivity contribution is -0.0691. The number of piperazine rings is 1. The number of ether oxygens (including phenoxy) is 1. The van der Waals surface area contributed by atoms with Gasteiger partial charge in [-0.25, -0.2) is 14.4 Å². The maximum Gasteiger partial charge on any atom is 0.280 e. The maximum atomic E-state index is 14.6. The smallest absolute Gasteiger partial charge is 0.280 e. The lowest BCUT2D eigenvalue weighted by Gasteiger charge is -2.46. The van der Waals surface area contributed by atoms with E-state index in [1.165, 1.54) is 25.8 Å². The highest BCUT2D eigenvalue weighted by molar-refractivity contribution is 7.59. The van der Waals surface area contributed by atoms with Crippen LogP contribution in [0.3, 0.4) is 0 Å². The summed E-state index contributed by atoms with van der Waals surface area (Å²) in [5.74, 6) is 0.318. The minimum Gasteiger partial charge on any atom is -0.392 e. The first kappa shape index (κ1) is 33.5. The molecular formula is C36H37FN8O4S. The Kier molecular flexibility index (Phi) is 8.95. The third-order valence-electron chi connectivity index (χ3n) is 9.67. The number of aliphatic hydroxyl groups is 1. The van der Waals surface area contributed by atoms with Gasteiger partial charge in [0.1, 0.15) is 28.7 Å². The summed E-state index contributed by atoms with van der Waals surface area (Å²) in [6.45, 7) is 6.25. The number of fused-ring (bicyclic) bond motifs is 3. The van der Waals surface area contributed by atoms with Crippen molar-refractivity contribution in [3.8, 4) is 16.9 Å². The molecule has 2 N–H and O–H groups in total. The van der Waals surface area contributed by atoms with Gasteiger partial charge in [-0.1, -0.05) is 12.1 Å². The van der Waals surface area contributed by atoms with E-state index in [0.717, 1.165) is 38.5 Å². The summed E-state index contributed by atoms with van der Waals surface area (Å²) in [4.78, 5) is 40.9. The number of para-hydroxylation sites is 1. The molecule has 14 heteroatoms. The summed E-state index contributed by atoms with van der Waals surface area (Å²) in [6, 6.07) is 14.5. The highest BCUT2D eigenvalue weighted by atomic mass is 32.1. The fourth-order valence-electron chi connectivity index (χ4n) is 7.02. The number of nitrogens with one attached hydrogen (secondary N) is 1. The van der Waals surface area contributed by atoms with Gasteiger partial charge in [0.05, 0.1) is 43.3 Å². The van der Waals surface area contributed by atoms with Crippen molar-refractivity contribution in [3.05, 3.63) is 112 Å². The van der Waals surface area contributed by atoms with E-state index in [9.17, 15) is 19.1 Å². The van der Waals surface area contributed by atoms with Crippen molar-refractivity contribution >= 4 is 47.1 Å². The van der Waals surface area contributed by atoms with E-state index >= 15 is 0 Å². The molecule has 0 saturated carbocycles. The zero-order valence-corrected chi connectivity index (χ0v) is 28.6. The van der Waals surface area contributed by atoms with E-state index < -0.39 is 18.0 Å². The molecule has 258 valence electrons. The molecule has 1 aromatic carbocycles. The summed E-state index contributed by atoms with van der Waals surface area (Å²) in [6.07, 6.45) is 8.17. The van der Waals surface area contributed by atoms with Crippen LogP contribution < -0.4 is 21.3 Å². The van der Waals surface area contributed by atoms with E-state index in [1.54, 1.807) is 56.0 Å². The molecule has 0 amide bonds. The zero-order valence-electron chi connectivity index (χ0n) is 27.6. The number of benzene rings is 1. The predicted octanol–water partition coefficient (Wildman–Crippen LogP) is 3.80. The third-order valence-corrected chi connectivity index (χ3v) is 9.67. The highest BCUT2D eigenvalue weighted by Gasteiger charge is 2.32. The number of anilines is 3. The van der Waals surface area contributed by atoms with Crippen molar-refractivity contribution in [3.63, 3.8) is 0 Å². The van der Waals surface area contributed by atoms with Gasteiger partial charge in [-0.15, -0.1) is 0 Å². The Hall–Kier alpha value is -5.02. The zero-order chi connectivity index (χ0) is 33.8. The minimum absolute atomic E-state index is 0. The second kappa shape index (κ2) is 13.4. The minimum atomic E-state index is -0.431. The van der Waals surface area contributed by atoms with Crippen molar-refractivity contribution < 1.29 is 14.2 Å². The van der Waals surface area contributed by atoms with Crippen LogP contribution in [0, 0.1) is 5.82 Å². The molecule has 0 aliphatic carbocycles. The van der Waals surface area contributed by atoms with Gasteiger partial charge in [0, 0.05) is 74.0 Å². The summed E-state index contributed by atoms with van der Waals surface area (Å²) >= 11 is 0. The molecular weight excluding hydrogens is 660 g/mol. The van der Waals surface area contributed by atoms with Gasteiger partial charge in [0.25, 0.3) is 11.1 Å². The number of aliphatic hydroxyl groups excluding tert-OH is 1. The van der Waals surface area contributed by atoms with Crippen molar-refractivity contribution in [1.82, 2.24) is 28.4 Å². The van der Waals surface area contributed by atoms with Crippen molar-refractivity contribution in [2.24, 2.45) is 7.05 Å². The first-order valence-electron chi connectivity index (χ1n) is 16.2. The van der Waals surface area contributed by atoms with Crippen LogP contribution in [0.25, 0.3) is 33.4 Å². The van der Waals surface area contributed by atoms with E-state index in [0.29, 0.717) is 51.2 Å². The normalized spacial score (nSPS) is 16.8. The molecule has 7 heterocycles. The molecule has 2 aliphatic heterocycles. The molecule has 6 aromatic rings. The van der Waals surface area contributed by atoms with Crippen molar-refractivity contribution in [2.45, 2.75) is 25.6 Å². The van der Waals surface area contributed by atoms with Crippen LogP contribution in [-0.2, 0) is 18.4 Å². The second-order valence-corrected chi connectivity index (χ2v) is 12.7. The monoisotopic (exact) mass is 696 g/mol. The van der Waals surface area contributed by atoms with E-state index in [1.807, 2.05) is 18.3 Å². The highest BCUT2D eigenvalue weighted by Crippen LogP contribution is 2.30. The Balaban J connectivity index is 0.00000392. The first-order valence-corrected chi connectivity index (χ1v) is 16.2. The van der Waals surface area contributed by atoms with E-state index in [-0.39, 0.29) is 30.4 Å². The van der Waals surface area contributed by atoms with Crippen LogP contribution in [0.1, 0.15) is 12.5 Å². The number of pyridine rings is 3. The van der Waals surface area contributed by atoms with Crippen LogP contribution in [0.4, 0.5) is 21.6 Å². The predicted molar refractivity (Wildman–Crippen MR) is 196 cm³/mol. The van der Waals surface area contributed by atoms with Gasteiger partial charge in [0.15, 0.2) is 0 Å². The summed E-state index contributed by atoms with van der Waals surface area (Å²) in [5, 5.41) is 14.4. The summed E-state index contributed by atoms with van der Waals surface area (Å²) < 4.78 is 24.3. The molecule has 0 bridgehead atoms. The van der Waals surface area contributed by atoms with Gasteiger partial charge >= 0.3 is 0 Å². The fraction of sp³-hybridized carbons (Fsp3) is 0.278. The Morgan fingerprint density at radius 1 is 1.04 bits per heavy atom. The largest absolute Gasteiger partial charge is 0.392 e. The van der Waals surface area contributed by atoms with Gasteiger partial charge < -0.3 is 29.0 Å². The molecule has 12 nitrogen and oxygen atoms in total. The van der Waals surface area contributed by atoms with Crippen molar-refractivity contribution in [2.75, 3.05) is 43.1 Å². The third kappa shape index (κ3) is 5.73. The lowest BCUT2D eigenvalue weighted by Crippen LogP contribution is -2.59. The fourth-order valence-corrected chi connectivity index (χ4v) is 7.02. The lowest BCUT2D eigenvalue weighted by atomic mass is 10.0. The number of hydrogen-bond donors (Lipinski definition) is 2. The van der Waals surface area contributed by atoms with Crippen LogP contribution in [0.15, 0.2) is 89.1 Å². The Morgan fingerprint density at radius 3 is 2.60 bits per heavy atom. The average Bonchev–Trinajstić information content (AvgIpc) is 3.47. The Labute approximate surface area is 293 Å². The van der Waals surface area contributed by atoms with Crippen molar-refractivity contribution in [1.29, 1.82) is 0 Å². The summed E-state index contributed by atoms with van der Waals surface area (Å²) in [5.41, 5.74) is 2.84. The second-order valence-electron chi connectivity index (χ2n) is 12.7. The Morgan fingerprint density at radius 2 is 1.88 bits per heavy atom. The number of nitrogens with zero attached hydrogens (tertiary/aromatic N) is 7. The maximum absolute atomic E-state index is 14.6. The van der Waals surface area contributed by atoms with Gasteiger partial charge in [0.2, 0.25) is 0 Å². The molecule has 2 saturated heterocycles. The molecule has 2 fully saturated rings. The molecule has 5 aromatic heterocycles. The van der Waals surface area contributed by atoms with Crippen LogP contribution >= 0.6 is 13.5 Å². The molecule has 0 unspecified atom stereocenters. The van der Waals surface area contributed by atoms with E-state index in [2.05, 4.69) is 32.0 Å². The standard InChI is InChI=1S/C36H35FN8O4.H2S/c1-22-17-42(26-20-49-21-26)10-11-43(22)25-6-7-32(39-16-25)40-30-14-24(18-41(2)35(30)47)27-8-9-38-34(28(27)19-46)45-13-12-44-31(36(45)48)15-23-4-3-5-29(37)33(23)44;/h3-9,12-16,18,22,26,46H,10-11,17,19-21H2,1-2H3,(H,39,40);1H2/t22-;/m0./s1. The van der Waals surface area contributed by atoms with Crippen LogP contribution in [-0.4, -0.2) is 78.4 Å². The van der Waals surface area contributed by atoms with Crippen LogP contribution in [0.5, 0.6) is 0 Å². The number of aryl methyl sites for hydroxylation is 1. The Bertz CT molecular complexity index is 2340. The van der Waals surface area contributed by atoms with E-state index in [4.69, 9.17) is 4.74 Å². The van der Waals surface area contributed by atoms with Gasteiger partial charge in [-0.2, -0.15) is 13.5 Å². The molecule has 1 atom stereocenters. The molecule has 0 radical (unpaired) electrons. The number of rotatable bonds is 7. The SMILES string of the molecule is C[C@H]1CN(C2COC2)CCN1c1ccc(Nc2cc(-c3ccnc(-n4ccn5c(cc6cccc(F)c65)c4=O)c3CO)cn(C)c2=O)nc1.S. The number of halogens is 1. The molecule has 8 rings (SSSR count). The molecule has 2 aliphatic rings. The molecule has 50 heavy (non-hydrogen) atoms. The molecule has 0 spiro atoms.